The van der Waals surface area contributed by atoms with Crippen molar-refractivity contribution in [3.63, 3.8) is 0 Å². The Bertz CT molecular complexity index is 4330. The summed E-state index contributed by atoms with van der Waals surface area (Å²) in [4.78, 5) is 0. The van der Waals surface area contributed by atoms with Crippen LogP contribution in [-0.2, 0) is 51.9 Å². The molecule has 1 aliphatic carbocycles. The van der Waals surface area contributed by atoms with E-state index in [1.165, 1.54) is 112 Å². The van der Waals surface area contributed by atoms with Crippen LogP contribution in [0.25, 0.3) is 22.7 Å². The van der Waals surface area contributed by atoms with E-state index in [1.807, 2.05) is 0 Å². The molecule has 0 spiro atoms. The van der Waals surface area contributed by atoms with Gasteiger partial charge in [-0.3, -0.25) is 0 Å². The third kappa shape index (κ3) is 16.0. The predicted molar refractivity (Wildman–Crippen MR) is 417 cm³/mol. The van der Waals surface area contributed by atoms with Crippen LogP contribution >= 0.6 is 0 Å². The van der Waals surface area contributed by atoms with Crippen molar-refractivity contribution in [2.45, 2.75) is 188 Å². The van der Waals surface area contributed by atoms with Crippen LogP contribution in [0.2, 0.25) is 0 Å². The summed E-state index contributed by atoms with van der Waals surface area (Å²) in [5, 5.41) is 0. The lowest BCUT2D eigenvalue weighted by molar-refractivity contribution is -0.687. The molecule has 12 heteroatoms. The topological polar surface area (TPSA) is 72.2 Å². The third-order valence-electron chi connectivity index (χ3n) is 20.3. The number of ether oxygens (including phenoxy) is 4. The Morgan fingerprint density at radius 1 is 0.260 bits per heavy atom. The van der Waals surface area contributed by atoms with E-state index in [1.54, 1.807) is 0 Å². The minimum Gasteiger partial charge on any atom is -0.493 e. The third-order valence-corrected chi connectivity index (χ3v) is 20.3. The van der Waals surface area contributed by atoms with Crippen molar-refractivity contribution in [2.24, 2.45) is 0 Å². The van der Waals surface area contributed by atoms with Crippen LogP contribution in [0.5, 0.6) is 23.0 Å². The fourth-order valence-electron chi connectivity index (χ4n) is 16.7. The summed E-state index contributed by atoms with van der Waals surface area (Å²) < 4.78 is 47.7. The van der Waals surface area contributed by atoms with Gasteiger partial charge >= 0.3 is 0 Å². The van der Waals surface area contributed by atoms with E-state index < -0.39 is 0 Å². The number of hydrogen-bond donors (Lipinski definition) is 0. The van der Waals surface area contributed by atoms with Gasteiger partial charge in [0, 0.05) is 25.7 Å². The Hall–Kier alpha value is -10.2. The molecule has 13 rings (SSSR count). The molecule has 4 aromatic heterocycles. The maximum atomic E-state index is 7.31. The number of hydrogen-bond acceptors (Lipinski definition) is 4. The molecule has 0 atom stereocenters. The zero-order chi connectivity index (χ0) is 73.0. The number of rotatable bonds is 24. The molecule has 8 aromatic carbocycles. The van der Waals surface area contributed by atoms with Gasteiger partial charge in [0.2, 0.25) is 25.3 Å². The number of fused-ring (bicyclic) bond motifs is 8. The summed E-state index contributed by atoms with van der Waals surface area (Å²) >= 11 is 0. The molecule has 0 fully saturated rings. The molecule has 536 valence electrons. The SMILES string of the molecule is CCCOc1c2cc(C[n+]3ccn(-c4c(C)cc(C)cc4C)c3)cc1Cc1cc(C[n+]3ccn(-c4c(C)cc(C)cc4C)c3)cc(c1OCCC)Cc1cc(C[n+]3ccn(-c4c(C)cc(C)cc4C)c3)cc(c1OCCC)Cc1cc(C[n+]3ccn(-c4c(C)cc(C)cc4C)c3)cc(c1OCCC)C2. The van der Waals surface area contributed by atoms with Gasteiger partial charge in [-0.25, -0.2) is 36.5 Å². The molecule has 0 saturated carbocycles. The van der Waals surface area contributed by atoms with Crippen molar-refractivity contribution >= 4 is 0 Å². The lowest BCUT2D eigenvalue weighted by Crippen LogP contribution is -2.32. The van der Waals surface area contributed by atoms with Crippen LogP contribution in [0.4, 0.5) is 0 Å². The van der Waals surface area contributed by atoms with Gasteiger partial charge in [-0.15, -0.1) is 0 Å². The molecular formula is C92H108N8O4+4. The maximum Gasteiger partial charge on any atom is 0.249 e. The van der Waals surface area contributed by atoms with Gasteiger partial charge in [-0.1, -0.05) is 98.5 Å². The quantitative estimate of drug-likeness (QED) is 0.0565. The average molecular weight is 1390 g/mol. The van der Waals surface area contributed by atoms with E-state index in [-0.39, 0.29) is 0 Å². The molecule has 12 aromatic rings. The minimum atomic E-state index is 0.564. The molecule has 0 aliphatic heterocycles. The fourth-order valence-corrected chi connectivity index (χ4v) is 16.7. The monoisotopic (exact) mass is 1390 g/mol. The fraction of sp³-hybridized carbons (Fsp3) is 0.348. The van der Waals surface area contributed by atoms with Crippen LogP contribution < -0.4 is 37.2 Å². The zero-order valence-corrected chi connectivity index (χ0v) is 64.7. The predicted octanol–water partition coefficient (Wildman–Crippen LogP) is 17.7. The zero-order valence-electron chi connectivity index (χ0n) is 64.7. The van der Waals surface area contributed by atoms with Gasteiger partial charge in [-0.05, 0) is 269 Å². The number of aromatic nitrogens is 8. The van der Waals surface area contributed by atoms with Crippen molar-refractivity contribution in [2.75, 3.05) is 26.4 Å². The lowest BCUT2D eigenvalue weighted by Gasteiger charge is -2.24. The lowest BCUT2D eigenvalue weighted by atomic mass is 9.88. The molecule has 0 radical (unpaired) electrons. The Morgan fingerprint density at radius 2 is 0.433 bits per heavy atom. The van der Waals surface area contributed by atoms with Crippen LogP contribution in [0.1, 0.15) is 187 Å². The molecular weight excluding hydrogens is 1280 g/mol. The highest BCUT2D eigenvalue weighted by Gasteiger charge is 2.28. The summed E-state index contributed by atoms with van der Waals surface area (Å²) in [6, 6.07) is 37.7. The molecule has 0 amide bonds. The molecule has 8 bridgehead atoms. The van der Waals surface area contributed by atoms with E-state index in [2.05, 4.69) is 319 Å². The van der Waals surface area contributed by atoms with Crippen molar-refractivity contribution in [1.29, 1.82) is 0 Å². The number of nitrogens with zero attached hydrogens (tertiary/aromatic N) is 8. The first-order valence-corrected chi connectivity index (χ1v) is 37.9. The highest BCUT2D eigenvalue weighted by molar-refractivity contribution is 5.60. The van der Waals surface area contributed by atoms with Gasteiger partial charge in [-0.2, -0.15) is 0 Å². The van der Waals surface area contributed by atoms with E-state index in [0.29, 0.717) is 78.3 Å². The number of benzene rings is 8. The summed E-state index contributed by atoms with van der Waals surface area (Å²) in [6.45, 7) is 40.2. The van der Waals surface area contributed by atoms with Crippen molar-refractivity contribution in [1.82, 2.24) is 18.3 Å². The first-order valence-electron chi connectivity index (χ1n) is 37.9. The van der Waals surface area contributed by atoms with Crippen LogP contribution in [0.3, 0.4) is 0 Å². The second kappa shape index (κ2) is 31.4. The number of aryl methyl sites for hydroxylation is 12. The summed E-state index contributed by atoms with van der Waals surface area (Å²) in [5.74, 6) is 3.70. The highest BCUT2D eigenvalue weighted by Crippen LogP contribution is 2.42. The smallest absolute Gasteiger partial charge is 0.249 e. The first-order chi connectivity index (χ1) is 50.2. The standard InChI is InChI=1S/C92H108N8O4/c1-17-29-101-89-77-41-73(53-93-21-25-97(57-93)85-65(9)33-61(5)34-66(85)10)42-78(89)50-80-44-75(55-95-23-27-99(59-95)87-69(13)37-63(7)38-70(87)14)46-82(91(80)103-31-19-3)52-84-48-76(56-96-24-28-100(60-96)88-71(15)39-64(8)40-72(88)16)47-83(92(84)104-32-20-4)51-81-45-74(43-79(49-77)90(81)102-30-18-2)54-94-22-26-98(58-94)86-67(11)35-62(6)36-68(86)12/h21-28,33-48,57-60H,17-20,29-32,49-56H2,1-16H3/q+4. The van der Waals surface area contributed by atoms with Crippen LogP contribution in [0, 0.1) is 83.1 Å². The van der Waals surface area contributed by atoms with E-state index in [4.69, 9.17) is 18.9 Å². The highest BCUT2D eigenvalue weighted by atomic mass is 16.5. The minimum absolute atomic E-state index is 0.564. The van der Waals surface area contributed by atoms with Gasteiger partial charge in [0.05, 0.1) is 26.4 Å². The molecule has 0 N–H and O–H groups in total. The normalized spacial score (nSPS) is 12.2. The van der Waals surface area contributed by atoms with E-state index >= 15 is 0 Å². The van der Waals surface area contributed by atoms with Gasteiger partial charge in [0.1, 0.15) is 122 Å². The summed E-state index contributed by atoms with van der Waals surface area (Å²) in [7, 11) is 0. The Labute approximate surface area is 618 Å². The molecule has 4 heterocycles. The Balaban J connectivity index is 1.05. The molecule has 12 nitrogen and oxygen atoms in total. The summed E-state index contributed by atoms with van der Waals surface area (Å²) in [5.41, 5.74) is 33.7. The van der Waals surface area contributed by atoms with Crippen LogP contribution in [0.15, 0.2) is 172 Å². The first kappa shape index (κ1) is 72.2. The van der Waals surface area contributed by atoms with Gasteiger partial charge in [0.15, 0.2) is 0 Å². The molecule has 1 aliphatic rings. The van der Waals surface area contributed by atoms with E-state index in [0.717, 1.165) is 93.2 Å². The summed E-state index contributed by atoms with van der Waals surface area (Å²) in [6.07, 6.45) is 32.4. The molecule has 0 unspecified atom stereocenters. The molecule has 0 saturated heterocycles. The van der Waals surface area contributed by atoms with Crippen molar-refractivity contribution in [3.8, 4) is 45.7 Å². The van der Waals surface area contributed by atoms with Crippen molar-refractivity contribution in [3.05, 3.63) is 305 Å². The second-order valence-electron chi connectivity index (χ2n) is 30.0. The Morgan fingerprint density at radius 3 is 0.596 bits per heavy atom. The Kier molecular flexibility index (Phi) is 21.8. The second-order valence-corrected chi connectivity index (χ2v) is 30.0. The van der Waals surface area contributed by atoms with Crippen LogP contribution in [-0.4, -0.2) is 44.7 Å². The van der Waals surface area contributed by atoms with Gasteiger partial charge < -0.3 is 18.9 Å². The largest absolute Gasteiger partial charge is 0.493 e. The average Bonchev–Trinajstić information content (AvgIpc) is 0.965. The number of imidazole rings is 4. The maximum absolute atomic E-state index is 7.31. The van der Waals surface area contributed by atoms with Gasteiger partial charge in [0.25, 0.3) is 0 Å². The van der Waals surface area contributed by atoms with E-state index in [9.17, 15) is 0 Å². The molecule has 104 heavy (non-hydrogen) atoms. The van der Waals surface area contributed by atoms with Crippen molar-refractivity contribution < 1.29 is 37.2 Å².